The number of hydrogen-bond donors (Lipinski definition) is 1. The van der Waals surface area contributed by atoms with E-state index in [9.17, 15) is 14.4 Å². The van der Waals surface area contributed by atoms with E-state index in [-0.39, 0.29) is 36.6 Å². The summed E-state index contributed by atoms with van der Waals surface area (Å²) in [4.78, 5) is 38.2. The van der Waals surface area contributed by atoms with Gasteiger partial charge in [-0.15, -0.1) is 0 Å². The second-order valence-corrected chi connectivity index (χ2v) is 7.87. The fourth-order valence-electron chi connectivity index (χ4n) is 3.77. The minimum absolute atomic E-state index is 0.0181. The number of carbonyl (C=O) groups excluding carboxylic acids is 3. The van der Waals surface area contributed by atoms with Crippen LogP contribution in [0.3, 0.4) is 0 Å². The van der Waals surface area contributed by atoms with Crippen LogP contribution in [-0.4, -0.2) is 24.6 Å². The average molecular weight is 417 g/mol. The van der Waals surface area contributed by atoms with Gasteiger partial charge in [0, 0.05) is 36.4 Å². The van der Waals surface area contributed by atoms with Crippen LogP contribution in [0, 0.1) is 23.7 Å². The SMILES string of the molecule is CCC(CC(=O)NCCC(=O)N1Cc2ccccc2C#Cc2ccccc21)C(C)C=O. The smallest absolute Gasteiger partial charge is 0.229 e. The summed E-state index contributed by atoms with van der Waals surface area (Å²) in [6.07, 6.45) is 2.14. The number of fused-ring (bicyclic) bond motifs is 2. The summed E-state index contributed by atoms with van der Waals surface area (Å²) in [7, 11) is 0. The Bertz CT molecular complexity index is 1020. The molecule has 0 spiro atoms. The Morgan fingerprint density at radius 3 is 2.52 bits per heavy atom. The first-order chi connectivity index (χ1) is 15.0. The van der Waals surface area contributed by atoms with E-state index in [1.54, 1.807) is 4.90 Å². The summed E-state index contributed by atoms with van der Waals surface area (Å²) in [6.45, 7) is 4.50. The lowest BCUT2D eigenvalue weighted by Crippen LogP contribution is -2.35. The molecule has 0 aliphatic carbocycles. The third kappa shape index (κ3) is 5.61. The Labute approximate surface area is 183 Å². The van der Waals surface area contributed by atoms with Gasteiger partial charge in [0.1, 0.15) is 6.29 Å². The number of benzene rings is 2. The van der Waals surface area contributed by atoms with Crippen LogP contribution in [0.15, 0.2) is 48.5 Å². The van der Waals surface area contributed by atoms with Crippen LogP contribution in [0.4, 0.5) is 5.69 Å². The highest BCUT2D eigenvalue weighted by atomic mass is 16.2. The lowest BCUT2D eigenvalue weighted by Gasteiger charge is -2.26. The summed E-state index contributed by atoms with van der Waals surface area (Å²) < 4.78 is 0. The molecule has 2 amide bonds. The first kappa shape index (κ1) is 22.3. The number of amides is 2. The molecule has 0 fully saturated rings. The summed E-state index contributed by atoms with van der Waals surface area (Å²) in [5.74, 6) is 6.05. The summed E-state index contributed by atoms with van der Waals surface area (Å²) in [5, 5.41) is 2.84. The molecule has 0 radical (unpaired) electrons. The number of hydrogen-bond acceptors (Lipinski definition) is 3. The van der Waals surface area contributed by atoms with Crippen LogP contribution in [0.25, 0.3) is 0 Å². The van der Waals surface area contributed by atoms with E-state index in [0.717, 1.165) is 35.1 Å². The van der Waals surface area contributed by atoms with Gasteiger partial charge in [-0.3, -0.25) is 9.59 Å². The summed E-state index contributed by atoms with van der Waals surface area (Å²) in [5.41, 5.74) is 3.50. The number of nitrogens with zero attached hydrogens (tertiary/aromatic N) is 1. The van der Waals surface area contributed by atoms with Crippen LogP contribution in [0.5, 0.6) is 0 Å². The van der Waals surface area contributed by atoms with Crippen molar-refractivity contribution >= 4 is 23.8 Å². The number of aldehydes is 1. The Kier molecular flexibility index (Phi) is 7.61. The molecule has 5 nitrogen and oxygen atoms in total. The van der Waals surface area contributed by atoms with Crippen molar-refractivity contribution in [1.82, 2.24) is 5.32 Å². The quantitative estimate of drug-likeness (QED) is 0.527. The van der Waals surface area contributed by atoms with Crippen molar-refractivity contribution in [2.75, 3.05) is 11.4 Å². The van der Waals surface area contributed by atoms with Gasteiger partial charge in [-0.1, -0.05) is 62.4 Å². The average Bonchev–Trinajstić information content (AvgIpc) is 2.78. The Morgan fingerprint density at radius 2 is 1.77 bits per heavy atom. The first-order valence-corrected chi connectivity index (χ1v) is 10.7. The standard InChI is InChI=1S/C26H28N2O3/c1-3-20(19(2)18-29)16-25(30)27-15-14-26(31)28-17-23-10-5-4-8-21(23)12-13-22-9-6-7-11-24(22)28/h4-11,18-20H,3,14-17H2,1-2H3,(H,27,30). The maximum absolute atomic E-state index is 13.1. The van der Waals surface area contributed by atoms with E-state index in [2.05, 4.69) is 17.2 Å². The Morgan fingerprint density at radius 1 is 1.10 bits per heavy atom. The van der Waals surface area contributed by atoms with Crippen molar-refractivity contribution in [3.05, 3.63) is 65.2 Å². The van der Waals surface area contributed by atoms with Gasteiger partial charge in [-0.2, -0.15) is 0 Å². The molecule has 0 saturated carbocycles. The van der Waals surface area contributed by atoms with Crippen LogP contribution < -0.4 is 10.2 Å². The number of carbonyl (C=O) groups is 3. The van der Waals surface area contributed by atoms with Gasteiger partial charge in [-0.25, -0.2) is 0 Å². The number of anilines is 1. The molecule has 1 N–H and O–H groups in total. The monoisotopic (exact) mass is 416 g/mol. The van der Waals surface area contributed by atoms with E-state index >= 15 is 0 Å². The number of para-hydroxylation sites is 1. The minimum atomic E-state index is -0.156. The molecule has 1 aliphatic rings. The summed E-state index contributed by atoms with van der Waals surface area (Å²) >= 11 is 0. The molecule has 3 rings (SSSR count). The molecule has 2 aromatic rings. The molecule has 2 aromatic carbocycles. The van der Waals surface area contributed by atoms with Gasteiger partial charge in [0.05, 0.1) is 12.2 Å². The molecule has 1 heterocycles. The molecular weight excluding hydrogens is 388 g/mol. The van der Waals surface area contributed by atoms with Crippen molar-refractivity contribution in [1.29, 1.82) is 0 Å². The second kappa shape index (κ2) is 10.6. The maximum atomic E-state index is 13.1. The van der Waals surface area contributed by atoms with Crippen molar-refractivity contribution in [3.8, 4) is 11.8 Å². The normalized spacial score (nSPS) is 13.9. The van der Waals surface area contributed by atoms with E-state index in [0.29, 0.717) is 13.0 Å². The molecule has 0 saturated heterocycles. The highest BCUT2D eigenvalue weighted by molar-refractivity contribution is 5.95. The molecule has 2 unspecified atom stereocenters. The molecule has 31 heavy (non-hydrogen) atoms. The lowest BCUT2D eigenvalue weighted by molar-refractivity contribution is -0.123. The van der Waals surface area contributed by atoms with Gasteiger partial charge in [0.25, 0.3) is 0 Å². The van der Waals surface area contributed by atoms with E-state index in [1.165, 1.54) is 0 Å². The van der Waals surface area contributed by atoms with E-state index < -0.39 is 0 Å². The topological polar surface area (TPSA) is 66.5 Å². The zero-order chi connectivity index (χ0) is 22.2. The Hall–Kier alpha value is -3.39. The zero-order valence-corrected chi connectivity index (χ0v) is 18.1. The van der Waals surface area contributed by atoms with Gasteiger partial charge in [-0.05, 0) is 29.7 Å². The van der Waals surface area contributed by atoms with Crippen molar-refractivity contribution in [3.63, 3.8) is 0 Å². The lowest BCUT2D eigenvalue weighted by atomic mass is 9.89. The molecule has 5 heteroatoms. The molecular formula is C26H28N2O3. The van der Waals surface area contributed by atoms with Gasteiger partial charge >= 0.3 is 0 Å². The largest absolute Gasteiger partial charge is 0.356 e. The minimum Gasteiger partial charge on any atom is -0.356 e. The number of rotatable bonds is 8. The van der Waals surface area contributed by atoms with Gasteiger partial charge < -0.3 is 15.0 Å². The second-order valence-electron chi connectivity index (χ2n) is 7.87. The molecule has 160 valence electrons. The zero-order valence-electron chi connectivity index (χ0n) is 18.1. The van der Waals surface area contributed by atoms with Crippen molar-refractivity contribution < 1.29 is 14.4 Å². The molecule has 0 aromatic heterocycles. The fraction of sp³-hybridized carbons (Fsp3) is 0.346. The maximum Gasteiger partial charge on any atom is 0.229 e. The van der Waals surface area contributed by atoms with Gasteiger partial charge in [0.2, 0.25) is 11.8 Å². The highest BCUT2D eigenvalue weighted by Gasteiger charge is 2.22. The Balaban J connectivity index is 1.68. The predicted molar refractivity (Wildman–Crippen MR) is 121 cm³/mol. The first-order valence-electron chi connectivity index (χ1n) is 10.7. The molecule has 2 atom stereocenters. The van der Waals surface area contributed by atoms with Crippen LogP contribution in [0.2, 0.25) is 0 Å². The van der Waals surface area contributed by atoms with Crippen molar-refractivity contribution in [2.24, 2.45) is 11.8 Å². The van der Waals surface area contributed by atoms with Crippen LogP contribution in [0.1, 0.15) is 49.8 Å². The van der Waals surface area contributed by atoms with E-state index in [1.807, 2.05) is 62.4 Å². The third-order valence-electron chi connectivity index (χ3n) is 5.76. The predicted octanol–water partition coefficient (Wildman–Crippen LogP) is 3.69. The summed E-state index contributed by atoms with van der Waals surface area (Å²) in [6, 6.07) is 15.5. The highest BCUT2D eigenvalue weighted by Crippen LogP contribution is 2.26. The third-order valence-corrected chi connectivity index (χ3v) is 5.76. The van der Waals surface area contributed by atoms with E-state index in [4.69, 9.17) is 0 Å². The number of nitrogens with one attached hydrogen (secondary N) is 1. The molecule has 0 bridgehead atoms. The van der Waals surface area contributed by atoms with Crippen LogP contribution >= 0.6 is 0 Å². The van der Waals surface area contributed by atoms with Gasteiger partial charge in [0.15, 0.2) is 0 Å². The van der Waals surface area contributed by atoms with Crippen molar-refractivity contribution in [2.45, 2.75) is 39.7 Å². The molecule has 1 aliphatic heterocycles. The fourth-order valence-corrected chi connectivity index (χ4v) is 3.77. The van der Waals surface area contributed by atoms with Crippen LogP contribution in [-0.2, 0) is 20.9 Å².